The van der Waals surface area contributed by atoms with E-state index in [1.165, 1.54) is 10.4 Å². The van der Waals surface area contributed by atoms with Crippen LogP contribution in [0.3, 0.4) is 0 Å². The SMILES string of the molecule is Cc1ccc(NC(=O)C2CN(S(C)(=O)=O)CCO2)cc1F. The lowest BCUT2D eigenvalue weighted by Crippen LogP contribution is -2.49. The Bertz CT molecular complexity index is 648. The fourth-order valence-electron chi connectivity index (χ4n) is 1.98. The summed E-state index contributed by atoms with van der Waals surface area (Å²) in [5.41, 5.74) is 0.786. The molecule has 0 spiro atoms. The second-order valence-corrected chi connectivity index (χ2v) is 6.92. The number of hydrogen-bond acceptors (Lipinski definition) is 4. The van der Waals surface area contributed by atoms with Crippen molar-refractivity contribution in [2.24, 2.45) is 0 Å². The third-order valence-electron chi connectivity index (χ3n) is 3.23. The number of hydrogen-bond donors (Lipinski definition) is 1. The Balaban J connectivity index is 2.04. The van der Waals surface area contributed by atoms with Crippen LogP contribution < -0.4 is 5.32 Å². The number of halogens is 1. The first-order valence-corrected chi connectivity index (χ1v) is 8.26. The quantitative estimate of drug-likeness (QED) is 0.892. The van der Waals surface area contributed by atoms with Gasteiger partial charge in [0.15, 0.2) is 0 Å². The van der Waals surface area contributed by atoms with E-state index in [4.69, 9.17) is 4.74 Å². The summed E-state index contributed by atoms with van der Waals surface area (Å²) in [7, 11) is -3.36. The summed E-state index contributed by atoms with van der Waals surface area (Å²) in [6.07, 6.45) is 0.181. The predicted octanol–water partition coefficient (Wildman–Crippen LogP) is 0.733. The molecule has 0 bridgehead atoms. The average molecular weight is 316 g/mol. The summed E-state index contributed by atoms with van der Waals surface area (Å²) >= 11 is 0. The molecule has 8 heteroatoms. The van der Waals surface area contributed by atoms with E-state index in [0.717, 1.165) is 6.26 Å². The average Bonchev–Trinajstić information content (AvgIpc) is 2.42. The Morgan fingerprint density at radius 1 is 1.48 bits per heavy atom. The molecule has 1 heterocycles. The molecule has 2 rings (SSSR count). The van der Waals surface area contributed by atoms with E-state index in [9.17, 15) is 17.6 Å². The van der Waals surface area contributed by atoms with Crippen molar-refractivity contribution in [3.8, 4) is 0 Å². The number of morpholine rings is 1. The number of carbonyl (C=O) groups is 1. The summed E-state index contributed by atoms with van der Waals surface area (Å²) in [4.78, 5) is 12.1. The van der Waals surface area contributed by atoms with E-state index in [1.54, 1.807) is 19.1 Å². The Kier molecular flexibility index (Phi) is 4.60. The van der Waals surface area contributed by atoms with Gasteiger partial charge in [-0.3, -0.25) is 4.79 Å². The van der Waals surface area contributed by atoms with Crippen molar-refractivity contribution < 1.29 is 22.3 Å². The van der Waals surface area contributed by atoms with Crippen LogP contribution in [0.4, 0.5) is 10.1 Å². The maximum atomic E-state index is 13.4. The molecular weight excluding hydrogens is 299 g/mol. The first-order valence-electron chi connectivity index (χ1n) is 6.41. The lowest BCUT2D eigenvalue weighted by molar-refractivity contribution is -0.130. The molecule has 0 aliphatic carbocycles. The highest BCUT2D eigenvalue weighted by atomic mass is 32.2. The zero-order chi connectivity index (χ0) is 15.6. The summed E-state index contributed by atoms with van der Waals surface area (Å²) in [5.74, 6) is -0.915. The molecule has 116 valence electrons. The van der Waals surface area contributed by atoms with Gasteiger partial charge in [-0.15, -0.1) is 0 Å². The molecule has 21 heavy (non-hydrogen) atoms. The number of nitrogens with one attached hydrogen (secondary N) is 1. The van der Waals surface area contributed by atoms with Gasteiger partial charge in [0, 0.05) is 18.8 Å². The molecule has 1 aromatic carbocycles. The highest BCUT2D eigenvalue weighted by Gasteiger charge is 2.31. The molecule has 0 saturated carbocycles. The lowest BCUT2D eigenvalue weighted by Gasteiger charge is -2.30. The van der Waals surface area contributed by atoms with E-state index in [1.807, 2.05) is 0 Å². The van der Waals surface area contributed by atoms with Crippen molar-refractivity contribution in [3.63, 3.8) is 0 Å². The van der Waals surface area contributed by atoms with Crippen molar-refractivity contribution in [1.82, 2.24) is 4.31 Å². The molecule has 1 unspecified atom stereocenters. The molecule has 1 aromatic rings. The maximum absolute atomic E-state index is 13.4. The maximum Gasteiger partial charge on any atom is 0.254 e. The first kappa shape index (κ1) is 15.9. The van der Waals surface area contributed by atoms with E-state index in [0.29, 0.717) is 11.3 Å². The van der Waals surface area contributed by atoms with Gasteiger partial charge < -0.3 is 10.1 Å². The van der Waals surface area contributed by atoms with E-state index >= 15 is 0 Å². The number of aryl methyl sites for hydroxylation is 1. The molecule has 1 fully saturated rings. The summed E-state index contributed by atoms with van der Waals surface area (Å²) in [5, 5.41) is 2.53. The highest BCUT2D eigenvalue weighted by molar-refractivity contribution is 7.88. The van der Waals surface area contributed by atoms with Gasteiger partial charge in [-0.25, -0.2) is 12.8 Å². The van der Waals surface area contributed by atoms with E-state index < -0.39 is 27.9 Å². The van der Waals surface area contributed by atoms with Crippen LogP contribution in [0.25, 0.3) is 0 Å². The van der Waals surface area contributed by atoms with Crippen molar-refractivity contribution in [2.45, 2.75) is 13.0 Å². The number of benzene rings is 1. The minimum atomic E-state index is -3.36. The number of rotatable bonds is 3. The zero-order valence-electron chi connectivity index (χ0n) is 11.8. The number of nitrogens with zero attached hydrogens (tertiary/aromatic N) is 1. The third-order valence-corrected chi connectivity index (χ3v) is 4.50. The topological polar surface area (TPSA) is 75.7 Å². The van der Waals surface area contributed by atoms with Gasteiger partial charge in [0.05, 0.1) is 12.9 Å². The standard InChI is InChI=1S/C13H17FN2O4S/c1-9-3-4-10(7-11(9)14)15-13(17)12-8-16(5-6-20-12)21(2,18)19/h3-4,7,12H,5-6,8H2,1-2H3,(H,15,17). The molecule has 1 saturated heterocycles. The molecule has 0 aromatic heterocycles. The zero-order valence-corrected chi connectivity index (χ0v) is 12.6. The van der Waals surface area contributed by atoms with Crippen molar-refractivity contribution >= 4 is 21.6 Å². The Morgan fingerprint density at radius 3 is 2.81 bits per heavy atom. The molecule has 1 aliphatic heterocycles. The molecular formula is C13H17FN2O4S. The van der Waals surface area contributed by atoms with Crippen LogP contribution in [-0.4, -0.2) is 50.7 Å². The monoisotopic (exact) mass is 316 g/mol. The van der Waals surface area contributed by atoms with Gasteiger partial charge in [-0.2, -0.15) is 4.31 Å². The van der Waals surface area contributed by atoms with Crippen LogP contribution in [0.5, 0.6) is 0 Å². The fraction of sp³-hybridized carbons (Fsp3) is 0.462. The molecule has 0 radical (unpaired) electrons. The Morgan fingerprint density at radius 2 is 2.19 bits per heavy atom. The van der Waals surface area contributed by atoms with Crippen LogP contribution in [0.15, 0.2) is 18.2 Å². The van der Waals surface area contributed by atoms with Gasteiger partial charge in [-0.1, -0.05) is 6.07 Å². The fourth-order valence-corrected chi connectivity index (χ4v) is 2.79. The van der Waals surface area contributed by atoms with Crippen LogP contribution in [0.2, 0.25) is 0 Å². The van der Waals surface area contributed by atoms with E-state index in [2.05, 4.69) is 5.32 Å². The van der Waals surface area contributed by atoms with Gasteiger partial charge in [0.2, 0.25) is 10.0 Å². The third kappa shape index (κ3) is 3.99. The lowest BCUT2D eigenvalue weighted by atomic mass is 10.2. The highest BCUT2D eigenvalue weighted by Crippen LogP contribution is 2.15. The van der Waals surface area contributed by atoms with Crippen LogP contribution in [0, 0.1) is 12.7 Å². The van der Waals surface area contributed by atoms with Crippen LogP contribution in [-0.2, 0) is 19.6 Å². The number of anilines is 1. The summed E-state index contributed by atoms with van der Waals surface area (Å²) < 4.78 is 42.9. The minimum Gasteiger partial charge on any atom is -0.366 e. The van der Waals surface area contributed by atoms with Crippen LogP contribution >= 0.6 is 0 Å². The number of sulfonamides is 1. The number of amides is 1. The molecule has 1 N–H and O–H groups in total. The normalized spacial score (nSPS) is 20.2. The minimum absolute atomic E-state index is 0.0426. The van der Waals surface area contributed by atoms with Gasteiger partial charge in [0.25, 0.3) is 5.91 Å². The van der Waals surface area contributed by atoms with Crippen LogP contribution in [0.1, 0.15) is 5.56 Å². The molecule has 1 amide bonds. The molecule has 1 aliphatic rings. The van der Waals surface area contributed by atoms with Gasteiger partial charge >= 0.3 is 0 Å². The second kappa shape index (κ2) is 6.08. The van der Waals surface area contributed by atoms with Crippen molar-refractivity contribution in [3.05, 3.63) is 29.6 Å². The second-order valence-electron chi connectivity index (χ2n) is 4.93. The van der Waals surface area contributed by atoms with Gasteiger partial charge in [0.1, 0.15) is 11.9 Å². The van der Waals surface area contributed by atoms with E-state index in [-0.39, 0.29) is 19.7 Å². The van der Waals surface area contributed by atoms with Crippen molar-refractivity contribution in [1.29, 1.82) is 0 Å². The number of ether oxygens (including phenoxy) is 1. The first-order chi connectivity index (χ1) is 9.77. The summed E-state index contributed by atoms with van der Waals surface area (Å²) in [6, 6.07) is 4.34. The molecule has 1 atom stereocenters. The molecule has 6 nitrogen and oxygen atoms in total. The van der Waals surface area contributed by atoms with Gasteiger partial charge in [-0.05, 0) is 24.6 Å². The Hall–Kier alpha value is -1.51. The summed E-state index contributed by atoms with van der Waals surface area (Å²) in [6.45, 7) is 1.95. The predicted molar refractivity (Wildman–Crippen MR) is 75.9 cm³/mol. The number of carbonyl (C=O) groups excluding carboxylic acids is 1. The Labute approximate surface area is 122 Å². The smallest absolute Gasteiger partial charge is 0.254 e. The largest absolute Gasteiger partial charge is 0.366 e. The van der Waals surface area contributed by atoms with Crippen molar-refractivity contribution in [2.75, 3.05) is 31.3 Å².